The van der Waals surface area contributed by atoms with Crippen LogP contribution in [0.15, 0.2) is 0 Å². The maximum absolute atomic E-state index is 9.75. The first-order valence-electron chi connectivity index (χ1n) is 2.85. The maximum Gasteiger partial charge on any atom is 0.241 e. The van der Waals surface area contributed by atoms with Gasteiger partial charge in [0.2, 0.25) is 6.54 Å². The molecule has 0 radical (unpaired) electrons. The van der Waals surface area contributed by atoms with E-state index in [9.17, 15) is 10.1 Å². The highest BCUT2D eigenvalue weighted by molar-refractivity contribution is 5.82. The Balaban J connectivity index is 3.39. The number of hydrogen-bond donors (Lipinski definition) is 1. The quantitative estimate of drug-likeness (QED) is 0.351. The molecule has 0 rings (SSSR count). The first-order chi connectivity index (χ1) is 4.16. The van der Waals surface area contributed by atoms with E-state index in [0.29, 0.717) is 6.42 Å². The molecule has 0 saturated carbocycles. The summed E-state index contributed by atoms with van der Waals surface area (Å²) in [5.41, 5.74) is 0.211. The molecule has 0 spiro atoms. The normalized spacial score (nSPS) is 9.00. The molecular formula is C5H10N2O2. The molecule has 0 heterocycles. The zero-order valence-corrected chi connectivity index (χ0v) is 5.39. The third kappa shape index (κ3) is 4.93. The Bertz CT molecular complexity index is 122. The Labute approximate surface area is 53.5 Å². The van der Waals surface area contributed by atoms with E-state index in [1.54, 1.807) is 0 Å². The molecule has 0 aliphatic heterocycles. The van der Waals surface area contributed by atoms with Crippen molar-refractivity contribution >= 4 is 5.71 Å². The van der Waals surface area contributed by atoms with Crippen LogP contribution in [0, 0.1) is 15.5 Å². The number of nitro groups is 1. The first-order valence-corrected chi connectivity index (χ1v) is 2.85. The largest absolute Gasteiger partial charge is 0.303 e. The second-order valence-corrected chi connectivity index (χ2v) is 1.84. The fraction of sp³-hybridized carbons (Fsp3) is 0.800. The minimum atomic E-state index is -0.474. The van der Waals surface area contributed by atoms with Crippen LogP contribution in [0.5, 0.6) is 0 Å². The van der Waals surface area contributed by atoms with Gasteiger partial charge >= 0.3 is 0 Å². The predicted molar refractivity (Wildman–Crippen MR) is 34.5 cm³/mol. The molecule has 0 atom stereocenters. The zero-order valence-electron chi connectivity index (χ0n) is 5.39. The summed E-state index contributed by atoms with van der Waals surface area (Å²) >= 11 is 0. The van der Waals surface area contributed by atoms with Crippen LogP contribution >= 0.6 is 0 Å². The van der Waals surface area contributed by atoms with Crippen molar-refractivity contribution in [3.8, 4) is 0 Å². The summed E-state index contributed by atoms with van der Waals surface area (Å²) in [6.07, 6.45) is 1.35. The van der Waals surface area contributed by atoms with Gasteiger partial charge in [-0.25, -0.2) is 0 Å². The van der Waals surface area contributed by atoms with Crippen molar-refractivity contribution in [2.45, 2.75) is 19.8 Å². The van der Waals surface area contributed by atoms with Gasteiger partial charge in [0.25, 0.3) is 0 Å². The lowest BCUT2D eigenvalue weighted by atomic mass is 10.2. The molecule has 0 aromatic heterocycles. The van der Waals surface area contributed by atoms with E-state index in [2.05, 4.69) is 0 Å². The van der Waals surface area contributed by atoms with Gasteiger partial charge in [0.15, 0.2) is 0 Å². The highest BCUT2D eigenvalue weighted by Gasteiger charge is 2.01. The van der Waals surface area contributed by atoms with Crippen LogP contribution in [-0.2, 0) is 0 Å². The van der Waals surface area contributed by atoms with E-state index in [1.165, 1.54) is 0 Å². The van der Waals surface area contributed by atoms with Crippen LogP contribution in [-0.4, -0.2) is 17.2 Å². The van der Waals surface area contributed by atoms with Crippen LogP contribution in [0.3, 0.4) is 0 Å². The summed E-state index contributed by atoms with van der Waals surface area (Å²) in [7, 11) is 0. The second-order valence-electron chi connectivity index (χ2n) is 1.84. The highest BCUT2D eigenvalue weighted by Crippen LogP contribution is 1.88. The Morgan fingerprint density at radius 1 is 1.78 bits per heavy atom. The summed E-state index contributed by atoms with van der Waals surface area (Å²) in [5.74, 6) is 0. The lowest BCUT2D eigenvalue weighted by Gasteiger charge is -1.92. The first kappa shape index (κ1) is 8.07. The Kier molecular flexibility index (Phi) is 3.59. The summed E-state index contributed by atoms with van der Waals surface area (Å²) in [6, 6.07) is 0. The van der Waals surface area contributed by atoms with E-state index in [-0.39, 0.29) is 12.3 Å². The molecule has 4 heteroatoms. The van der Waals surface area contributed by atoms with Crippen LogP contribution in [0.1, 0.15) is 19.8 Å². The molecule has 0 fully saturated rings. The van der Waals surface area contributed by atoms with Gasteiger partial charge in [0, 0.05) is 4.92 Å². The molecule has 0 aromatic rings. The summed E-state index contributed by atoms with van der Waals surface area (Å²) in [5, 5.41) is 16.7. The summed E-state index contributed by atoms with van der Waals surface area (Å²) in [6.45, 7) is 1.60. The number of nitrogens with one attached hydrogen (secondary N) is 1. The Morgan fingerprint density at radius 3 is 2.67 bits per heavy atom. The van der Waals surface area contributed by atoms with E-state index >= 15 is 0 Å². The van der Waals surface area contributed by atoms with Gasteiger partial charge < -0.3 is 5.41 Å². The highest BCUT2D eigenvalue weighted by atomic mass is 16.6. The Hall–Kier alpha value is -0.930. The van der Waals surface area contributed by atoms with Crippen LogP contribution < -0.4 is 0 Å². The van der Waals surface area contributed by atoms with E-state index in [0.717, 1.165) is 6.42 Å². The third-order valence-corrected chi connectivity index (χ3v) is 0.872. The lowest BCUT2D eigenvalue weighted by molar-refractivity contribution is -0.463. The van der Waals surface area contributed by atoms with Crippen LogP contribution in [0.4, 0.5) is 0 Å². The number of nitrogens with zero attached hydrogens (tertiary/aromatic N) is 1. The molecule has 52 valence electrons. The summed E-state index contributed by atoms with van der Waals surface area (Å²) in [4.78, 5) is 9.28. The van der Waals surface area contributed by atoms with Crippen LogP contribution in [0.25, 0.3) is 0 Å². The van der Waals surface area contributed by atoms with Gasteiger partial charge in [-0.1, -0.05) is 13.3 Å². The van der Waals surface area contributed by atoms with Gasteiger partial charge in [0.05, 0.1) is 5.71 Å². The third-order valence-electron chi connectivity index (χ3n) is 0.872. The van der Waals surface area contributed by atoms with Crippen molar-refractivity contribution in [1.29, 1.82) is 5.41 Å². The fourth-order valence-corrected chi connectivity index (χ4v) is 0.537. The molecule has 0 aliphatic rings. The minimum Gasteiger partial charge on any atom is -0.303 e. The van der Waals surface area contributed by atoms with E-state index in [1.807, 2.05) is 6.92 Å². The molecule has 0 aliphatic carbocycles. The summed E-state index contributed by atoms with van der Waals surface area (Å²) < 4.78 is 0. The number of rotatable bonds is 4. The van der Waals surface area contributed by atoms with Gasteiger partial charge in [-0.05, 0) is 6.42 Å². The molecule has 4 nitrogen and oxygen atoms in total. The Morgan fingerprint density at radius 2 is 2.33 bits per heavy atom. The maximum atomic E-state index is 9.75. The van der Waals surface area contributed by atoms with Crippen molar-refractivity contribution in [3.63, 3.8) is 0 Å². The van der Waals surface area contributed by atoms with E-state index < -0.39 is 4.92 Å². The zero-order chi connectivity index (χ0) is 7.28. The van der Waals surface area contributed by atoms with Crippen molar-refractivity contribution in [1.82, 2.24) is 0 Å². The van der Waals surface area contributed by atoms with Gasteiger partial charge in [-0.2, -0.15) is 0 Å². The molecular weight excluding hydrogens is 120 g/mol. The molecule has 0 aromatic carbocycles. The molecule has 0 saturated heterocycles. The monoisotopic (exact) mass is 130 g/mol. The lowest BCUT2D eigenvalue weighted by Crippen LogP contribution is -2.11. The van der Waals surface area contributed by atoms with Crippen molar-refractivity contribution in [3.05, 3.63) is 10.1 Å². The van der Waals surface area contributed by atoms with Crippen LogP contribution in [0.2, 0.25) is 0 Å². The molecule has 0 bridgehead atoms. The molecule has 1 N–H and O–H groups in total. The predicted octanol–water partition coefficient (Wildman–Crippen LogP) is 1.08. The number of hydrogen-bond acceptors (Lipinski definition) is 3. The molecule has 0 unspecified atom stereocenters. The van der Waals surface area contributed by atoms with Crippen molar-refractivity contribution in [2.75, 3.05) is 6.54 Å². The molecule has 9 heavy (non-hydrogen) atoms. The van der Waals surface area contributed by atoms with Crippen molar-refractivity contribution in [2.24, 2.45) is 0 Å². The average molecular weight is 130 g/mol. The molecule has 0 amide bonds. The fourth-order valence-electron chi connectivity index (χ4n) is 0.537. The van der Waals surface area contributed by atoms with E-state index in [4.69, 9.17) is 5.41 Å². The van der Waals surface area contributed by atoms with Gasteiger partial charge in [0.1, 0.15) is 0 Å². The van der Waals surface area contributed by atoms with Crippen molar-refractivity contribution < 1.29 is 4.92 Å². The van der Waals surface area contributed by atoms with Gasteiger partial charge in [-0.3, -0.25) is 10.1 Å². The standard InChI is InChI=1S/C5H10N2O2/c1-2-3-5(6)4-7(8)9/h6H,2-4H2,1H3. The smallest absolute Gasteiger partial charge is 0.241 e. The van der Waals surface area contributed by atoms with Gasteiger partial charge in [-0.15, -0.1) is 0 Å². The second kappa shape index (κ2) is 4.00. The minimum absolute atomic E-state index is 0.211. The SMILES string of the molecule is CCCC(=N)C[N+](=O)[O-]. The topological polar surface area (TPSA) is 67.0 Å². The average Bonchev–Trinajstić information content (AvgIpc) is 1.63.